The Morgan fingerprint density at radius 1 is 1.36 bits per heavy atom. The van der Waals surface area contributed by atoms with Crippen molar-refractivity contribution in [1.29, 1.82) is 0 Å². The summed E-state index contributed by atoms with van der Waals surface area (Å²) in [6, 6.07) is 8.83. The third-order valence-electron chi connectivity index (χ3n) is 1.81. The Hall–Kier alpha value is -1.35. The van der Waals surface area contributed by atoms with Crippen molar-refractivity contribution in [3.8, 4) is 0 Å². The van der Waals surface area contributed by atoms with Gasteiger partial charge in [0.1, 0.15) is 0 Å². The number of aliphatic hydroxyl groups is 1. The largest absolute Gasteiger partial charge is 0.858 e. The molecule has 0 aromatic heterocycles. The van der Waals surface area contributed by atoms with E-state index in [0.29, 0.717) is 5.56 Å². The van der Waals surface area contributed by atoms with Crippen LogP contribution in [0.2, 0.25) is 0 Å². The van der Waals surface area contributed by atoms with Crippen LogP contribution in [0.4, 0.5) is 0 Å². The van der Waals surface area contributed by atoms with E-state index < -0.39 is 5.54 Å². The molecule has 0 fully saturated rings. The van der Waals surface area contributed by atoms with Crippen LogP contribution in [0.15, 0.2) is 35.3 Å². The van der Waals surface area contributed by atoms with Crippen LogP contribution >= 0.6 is 0 Å². The lowest BCUT2D eigenvalue weighted by Crippen LogP contribution is -2.29. The van der Waals surface area contributed by atoms with Gasteiger partial charge in [-0.05, 0) is 25.3 Å². The van der Waals surface area contributed by atoms with E-state index in [1.807, 2.05) is 6.07 Å². The number of aliphatic hydroxyl groups excluding tert-OH is 1. The molecule has 1 rings (SSSR count). The lowest BCUT2D eigenvalue weighted by Gasteiger charge is -2.21. The molecule has 1 N–H and O–H groups in total. The summed E-state index contributed by atoms with van der Waals surface area (Å²) in [5.74, 6) is -0.287. The van der Waals surface area contributed by atoms with E-state index in [4.69, 9.17) is 5.11 Å². The van der Waals surface area contributed by atoms with Crippen LogP contribution in [0.3, 0.4) is 0 Å². The van der Waals surface area contributed by atoms with Gasteiger partial charge in [0, 0.05) is 0 Å². The molecular formula is C11H14NO2-. The van der Waals surface area contributed by atoms with Gasteiger partial charge in [-0.3, -0.25) is 4.99 Å². The van der Waals surface area contributed by atoms with Gasteiger partial charge in [0.05, 0.1) is 12.1 Å². The second kappa shape index (κ2) is 4.24. The number of benzene rings is 1. The van der Waals surface area contributed by atoms with Gasteiger partial charge in [0.2, 0.25) is 0 Å². The van der Waals surface area contributed by atoms with Gasteiger partial charge < -0.3 is 10.2 Å². The van der Waals surface area contributed by atoms with Crippen LogP contribution in [0.5, 0.6) is 0 Å². The van der Waals surface area contributed by atoms with Gasteiger partial charge in [-0.2, -0.15) is 0 Å². The summed E-state index contributed by atoms with van der Waals surface area (Å²) in [5, 5.41) is 20.5. The molecular weight excluding hydrogens is 178 g/mol. The number of hydrogen-bond donors (Lipinski definition) is 1. The minimum Gasteiger partial charge on any atom is -0.858 e. The Morgan fingerprint density at radius 3 is 2.43 bits per heavy atom. The highest BCUT2D eigenvalue weighted by molar-refractivity contribution is 5.90. The first-order valence-electron chi connectivity index (χ1n) is 4.48. The van der Waals surface area contributed by atoms with E-state index in [1.54, 1.807) is 38.1 Å². The SMILES string of the molecule is CC(C)(CO)N=C([O-])c1ccccc1. The molecule has 3 heteroatoms. The number of rotatable bonds is 3. The van der Waals surface area contributed by atoms with Crippen molar-refractivity contribution >= 4 is 5.90 Å². The quantitative estimate of drug-likeness (QED) is 0.562. The van der Waals surface area contributed by atoms with Crippen molar-refractivity contribution in [2.45, 2.75) is 19.4 Å². The molecule has 0 aliphatic carbocycles. The molecule has 0 radical (unpaired) electrons. The lowest BCUT2D eigenvalue weighted by molar-refractivity contribution is -0.214. The van der Waals surface area contributed by atoms with Crippen molar-refractivity contribution in [3.05, 3.63) is 35.9 Å². The maximum Gasteiger partial charge on any atom is 0.0774 e. The van der Waals surface area contributed by atoms with E-state index in [-0.39, 0.29) is 12.5 Å². The van der Waals surface area contributed by atoms with E-state index in [2.05, 4.69) is 4.99 Å². The summed E-state index contributed by atoms with van der Waals surface area (Å²) >= 11 is 0. The Morgan fingerprint density at radius 2 is 1.93 bits per heavy atom. The smallest absolute Gasteiger partial charge is 0.0774 e. The Balaban J connectivity index is 2.91. The average molecular weight is 192 g/mol. The normalized spacial score (nSPS) is 12.9. The standard InChI is InChI=1S/C11H15NO2/c1-11(2,8-13)12-10(14)9-6-4-3-5-7-9/h3-7,13H,8H2,1-2H3,(H,12,14)/p-1. The van der Waals surface area contributed by atoms with E-state index >= 15 is 0 Å². The van der Waals surface area contributed by atoms with Crippen molar-refractivity contribution < 1.29 is 10.2 Å². The first-order chi connectivity index (χ1) is 6.55. The van der Waals surface area contributed by atoms with Gasteiger partial charge in [0.15, 0.2) is 0 Å². The highest BCUT2D eigenvalue weighted by atomic mass is 16.3. The van der Waals surface area contributed by atoms with Crippen molar-refractivity contribution in [3.63, 3.8) is 0 Å². The minimum atomic E-state index is -0.701. The van der Waals surface area contributed by atoms with Gasteiger partial charge in [0.25, 0.3) is 0 Å². The molecule has 0 spiro atoms. The number of nitrogens with zero attached hydrogens (tertiary/aromatic N) is 1. The van der Waals surface area contributed by atoms with Crippen LogP contribution in [0, 0.1) is 0 Å². The molecule has 1 aromatic rings. The van der Waals surface area contributed by atoms with Gasteiger partial charge in [-0.25, -0.2) is 0 Å². The summed E-state index contributed by atoms with van der Waals surface area (Å²) in [4.78, 5) is 3.91. The monoisotopic (exact) mass is 192 g/mol. The third-order valence-corrected chi connectivity index (χ3v) is 1.81. The molecule has 0 bridgehead atoms. The molecule has 0 heterocycles. The molecule has 0 saturated heterocycles. The fourth-order valence-corrected chi connectivity index (χ4v) is 0.956. The summed E-state index contributed by atoms with van der Waals surface area (Å²) in [5.41, 5.74) is -0.151. The summed E-state index contributed by atoms with van der Waals surface area (Å²) in [7, 11) is 0. The second-order valence-electron chi connectivity index (χ2n) is 3.75. The maximum atomic E-state index is 11.5. The zero-order valence-corrected chi connectivity index (χ0v) is 8.40. The Kier molecular flexibility index (Phi) is 3.25. The molecule has 76 valence electrons. The van der Waals surface area contributed by atoms with Crippen molar-refractivity contribution in [1.82, 2.24) is 0 Å². The van der Waals surface area contributed by atoms with Crippen LogP contribution < -0.4 is 5.11 Å². The molecule has 1 aromatic carbocycles. The van der Waals surface area contributed by atoms with Crippen LogP contribution in [-0.4, -0.2) is 23.2 Å². The predicted molar refractivity (Wildman–Crippen MR) is 54.1 cm³/mol. The zero-order valence-electron chi connectivity index (χ0n) is 8.40. The van der Waals surface area contributed by atoms with E-state index in [9.17, 15) is 5.11 Å². The molecule has 0 aliphatic rings. The topological polar surface area (TPSA) is 55.7 Å². The second-order valence-corrected chi connectivity index (χ2v) is 3.75. The lowest BCUT2D eigenvalue weighted by atomic mass is 10.1. The zero-order chi connectivity index (χ0) is 10.6. The number of hydrogen-bond acceptors (Lipinski definition) is 3. The fourth-order valence-electron chi connectivity index (χ4n) is 0.956. The van der Waals surface area contributed by atoms with Gasteiger partial charge in [-0.15, -0.1) is 0 Å². The molecule has 3 nitrogen and oxygen atoms in total. The first-order valence-corrected chi connectivity index (χ1v) is 4.48. The van der Waals surface area contributed by atoms with E-state index in [1.165, 1.54) is 0 Å². The number of aliphatic imine (C=N–C) groups is 1. The average Bonchev–Trinajstić information content (AvgIpc) is 2.19. The van der Waals surface area contributed by atoms with Gasteiger partial charge >= 0.3 is 0 Å². The first kappa shape index (κ1) is 10.7. The Labute approximate surface area is 83.7 Å². The van der Waals surface area contributed by atoms with Crippen molar-refractivity contribution in [2.75, 3.05) is 6.61 Å². The molecule has 0 saturated carbocycles. The fraction of sp³-hybridized carbons (Fsp3) is 0.364. The highest BCUT2D eigenvalue weighted by Gasteiger charge is 2.13. The van der Waals surface area contributed by atoms with Crippen LogP contribution in [0.1, 0.15) is 19.4 Å². The summed E-state index contributed by atoms with van der Waals surface area (Å²) in [6.45, 7) is 3.30. The molecule has 0 amide bonds. The van der Waals surface area contributed by atoms with Gasteiger partial charge in [-0.1, -0.05) is 30.3 Å². The van der Waals surface area contributed by atoms with Crippen LogP contribution in [-0.2, 0) is 0 Å². The third kappa shape index (κ3) is 2.85. The summed E-state index contributed by atoms with van der Waals surface area (Å²) < 4.78 is 0. The van der Waals surface area contributed by atoms with E-state index in [0.717, 1.165) is 0 Å². The predicted octanol–water partition coefficient (Wildman–Crippen LogP) is 0.564. The highest BCUT2D eigenvalue weighted by Crippen LogP contribution is 2.09. The molecule has 0 aliphatic heterocycles. The van der Waals surface area contributed by atoms with Crippen molar-refractivity contribution in [2.24, 2.45) is 4.99 Å². The molecule has 0 atom stereocenters. The maximum absolute atomic E-state index is 11.5. The minimum absolute atomic E-state index is 0.133. The van der Waals surface area contributed by atoms with Crippen LogP contribution in [0.25, 0.3) is 0 Å². The summed E-state index contributed by atoms with van der Waals surface area (Å²) in [6.07, 6.45) is 0. The molecule has 14 heavy (non-hydrogen) atoms. The molecule has 0 unspecified atom stereocenters. The Bertz CT molecular complexity index is 317.